The quantitative estimate of drug-likeness (QED) is 0.468. The normalized spacial score (nSPS) is 10.9. The fourth-order valence-corrected chi connectivity index (χ4v) is 1.66. The molecule has 3 N–H and O–H groups in total. The molecule has 0 spiro atoms. The average Bonchev–Trinajstić information content (AvgIpc) is 2.16. The smallest absolute Gasteiger partial charge is 0.323 e. The van der Waals surface area contributed by atoms with E-state index in [9.17, 15) is 13.2 Å². The molecule has 0 aromatic heterocycles. The van der Waals surface area contributed by atoms with E-state index in [0.29, 0.717) is 0 Å². The van der Waals surface area contributed by atoms with Gasteiger partial charge in [0.1, 0.15) is 6.07 Å². The summed E-state index contributed by atoms with van der Waals surface area (Å²) in [5.74, 6) is 5.05. The molecular formula is C8H6F3N3S. The topological polar surface area (TPSA) is 61.8 Å². The first-order chi connectivity index (χ1) is 6.98. The summed E-state index contributed by atoms with van der Waals surface area (Å²) in [5.41, 5.74) is -2.31. The Hall–Kier alpha value is -1.39. The highest BCUT2D eigenvalue weighted by Crippen LogP contribution is 2.41. The van der Waals surface area contributed by atoms with Crippen molar-refractivity contribution in [3.8, 4) is 6.07 Å². The van der Waals surface area contributed by atoms with E-state index in [-0.39, 0.29) is 27.9 Å². The van der Waals surface area contributed by atoms with Crippen molar-refractivity contribution in [2.24, 2.45) is 5.84 Å². The van der Waals surface area contributed by atoms with Crippen LogP contribution in [0.25, 0.3) is 0 Å². The third-order valence-electron chi connectivity index (χ3n) is 1.51. The molecule has 3 nitrogen and oxygen atoms in total. The molecule has 0 bridgehead atoms. The molecule has 80 valence electrons. The zero-order chi connectivity index (χ0) is 11.5. The minimum Gasteiger partial charge on any atom is -0.323 e. The van der Waals surface area contributed by atoms with Gasteiger partial charge in [-0.05, 0) is 23.9 Å². The number of hydrogen-bond donors (Lipinski definition) is 2. The number of nitrogens with two attached hydrogens (primary N) is 1. The summed E-state index contributed by atoms with van der Waals surface area (Å²) in [6, 6.07) is 5.80. The predicted octanol–water partition coefficient (Wildman–Crippen LogP) is 2.46. The van der Waals surface area contributed by atoms with Crippen molar-refractivity contribution in [1.29, 1.82) is 5.26 Å². The number of alkyl halides is 3. The fraction of sp³-hybridized carbons (Fsp3) is 0.125. The maximum absolute atomic E-state index is 12.2. The molecule has 0 radical (unpaired) electrons. The van der Waals surface area contributed by atoms with Crippen molar-refractivity contribution in [3.05, 3.63) is 23.8 Å². The lowest BCUT2D eigenvalue weighted by Crippen LogP contribution is -2.10. The van der Waals surface area contributed by atoms with E-state index < -0.39 is 5.51 Å². The Morgan fingerprint density at radius 1 is 1.40 bits per heavy atom. The predicted molar refractivity (Wildman–Crippen MR) is 50.9 cm³/mol. The van der Waals surface area contributed by atoms with Crippen LogP contribution in [-0.4, -0.2) is 5.51 Å². The Morgan fingerprint density at radius 3 is 2.53 bits per heavy atom. The van der Waals surface area contributed by atoms with Crippen LogP contribution in [-0.2, 0) is 0 Å². The molecule has 0 heterocycles. The summed E-state index contributed by atoms with van der Waals surface area (Å²) < 4.78 is 36.5. The number of nitrogen functional groups attached to an aromatic ring is 1. The van der Waals surface area contributed by atoms with E-state index in [0.717, 1.165) is 0 Å². The van der Waals surface area contributed by atoms with E-state index in [1.165, 1.54) is 18.2 Å². The van der Waals surface area contributed by atoms with Crippen molar-refractivity contribution in [2.75, 3.05) is 5.43 Å². The minimum absolute atomic E-state index is 0.0622. The van der Waals surface area contributed by atoms with Crippen LogP contribution in [0.3, 0.4) is 0 Å². The molecule has 0 saturated carbocycles. The average molecular weight is 233 g/mol. The summed E-state index contributed by atoms with van der Waals surface area (Å²) in [5, 5.41) is 8.64. The fourth-order valence-electron chi connectivity index (χ4n) is 0.964. The molecule has 0 unspecified atom stereocenters. The number of nitrogens with one attached hydrogen (secondary N) is 1. The van der Waals surface area contributed by atoms with Crippen LogP contribution in [0, 0.1) is 11.3 Å². The van der Waals surface area contributed by atoms with Gasteiger partial charge < -0.3 is 5.43 Å². The molecule has 0 fully saturated rings. The van der Waals surface area contributed by atoms with Crippen LogP contribution in [0.2, 0.25) is 0 Å². The molecule has 7 heteroatoms. The van der Waals surface area contributed by atoms with Gasteiger partial charge in [0.25, 0.3) is 0 Å². The number of hydrogen-bond acceptors (Lipinski definition) is 4. The molecule has 0 aliphatic carbocycles. The maximum atomic E-state index is 12.2. The monoisotopic (exact) mass is 233 g/mol. The SMILES string of the molecule is N#Cc1cccc(NN)c1SC(F)(F)F. The lowest BCUT2D eigenvalue weighted by atomic mass is 10.2. The van der Waals surface area contributed by atoms with Crippen LogP contribution in [0.15, 0.2) is 23.1 Å². The number of hydrazine groups is 1. The van der Waals surface area contributed by atoms with Gasteiger partial charge in [-0.2, -0.15) is 18.4 Å². The Bertz CT molecular complexity index is 397. The number of rotatable bonds is 2. The first kappa shape index (κ1) is 11.7. The van der Waals surface area contributed by atoms with E-state index in [4.69, 9.17) is 11.1 Å². The summed E-state index contributed by atoms with van der Waals surface area (Å²) in [6.45, 7) is 0. The van der Waals surface area contributed by atoms with E-state index in [2.05, 4.69) is 5.43 Å². The van der Waals surface area contributed by atoms with Crippen molar-refractivity contribution in [1.82, 2.24) is 0 Å². The first-order valence-electron chi connectivity index (χ1n) is 3.73. The summed E-state index contributed by atoms with van der Waals surface area (Å²) in [7, 11) is 0. The van der Waals surface area contributed by atoms with Crippen LogP contribution in [0.4, 0.5) is 18.9 Å². The van der Waals surface area contributed by atoms with Gasteiger partial charge in [0.15, 0.2) is 0 Å². The summed E-state index contributed by atoms with van der Waals surface area (Å²) in [6.07, 6.45) is 0. The Labute approximate surface area is 88.0 Å². The van der Waals surface area contributed by atoms with E-state index in [1.54, 1.807) is 6.07 Å². The van der Waals surface area contributed by atoms with Gasteiger partial charge in [0, 0.05) is 0 Å². The lowest BCUT2D eigenvalue weighted by molar-refractivity contribution is -0.0328. The Balaban J connectivity index is 3.18. The van der Waals surface area contributed by atoms with E-state index in [1.807, 2.05) is 0 Å². The number of benzene rings is 1. The second-order valence-corrected chi connectivity index (χ2v) is 3.56. The van der Waals surface area contributed by atoms with E-state index >= 15 is 0 Å². The highest BCUT2D eigenvalue weighted by molar-refractivity contribution is 8.00. The molecule has 0 saturated heterocycles. The number of thioether (sulfide) groups is 1. The highest BCUT2D eigenvalue weighted by Gasteiger charge is 2.31. The number of halogens is 3. The van der Waals surface area contributed by atoms with Gasteiger partial charge in [-0.3, -0.25) is 5.84 Å². The molecule has 0 atom stereocenters. The third-order valence-corrected chi connectivity index (χ3v) is 2.38. The van der Waals surface area contributed by atoms with Gasteiger partial charge in [-0.15, -0.1) is 0 Å². The van der Waals surface area contributed by atoms with Crippen molar-refractivity contribution < 1.29 is 13.2 Å². The maximum Gasteiger partial charge on any atom is 0.446 e. The van der Waals surface area contributed by atoms with Crippen LogP contribution in [0.1, 0.15) is 5.56 Å². The zero-order valence-electron chi connectivity index (χ0n) is 7.30. The van der Waals surface area contributed by atoms with Crippen LogP contribution >= 0.6 is 11.8 Å². The number of anilines is 1. The second-order valence-electron chi connectivity index (χ2n) is 2.49. The molecular weight excluding hydrogens is 227 g/mol. The zero-order valence-corrected chi connectivity index (χ0v) is 8.12. The standard InChI is InChI=1S/C8H6F3N3S/c9-8(10,11)15-7-5(4-12)2-1-3-6(7)14-13/h1-3,14H,13H2. The molecule has 0 aliphatic heterocycles. The minimum atomic E-state index is -4.45. The van der Waals surface area contributed by atoms with Gasteiger partial charge in [0.05, 0.1) is 16.1 Å². The molecule has 0 amide bonds. The van der Waals surface area contributed by atoms with Crippen molar-refractivity contribution >= 4 is 17.4 Å². The van der Waals surface area contributed by atoms with Crippen molar-refractivity contribution in [2.45, 2.75) is 10.4 Å². The number of nitriles is 1. The molecule has 1 aromatic carbocycles. The Morgan fingerprint density at radius 2 is 2.07 bits per heavy atom. The van der Waals surface area contributed by atoms with Gasteiger partial charge in [-0.25, -0.2) is 0 Å². The highest BCUT2D eigenvalue weighted by atomic mass is 32.2. The second kappa shape index (κ2) is 4.42. The lowest BCUT2D eigenvalue weighted by Gasteiger charge is -2.11. The molecule has 1 aromatic rings. The van der Waals surface area contributed by atoms with Crippen LogP contribution in [0.5, 0.6) is 0 Å². The third kappa shape index (κ3) is 3.04. The van der Waals surface area contributed by atoms with Crippen molar-refractivity contribution in [3.63, 3.8) is 0 Å². The molecule has 0 aliphatic rings. The van der Waals surface area contributed by atoms with Gasteiger partial charge in [-0.1, -0.05) is 6.07 Å². The molecule has 15 heavy (non-hydrogen) atoms. The summed E-state index contributed by atoms with van der Waals surface area (Å²) >= 11 is -0.362. The van der Waals surface area contributed by atoms with Gasteiger partial charge in [0.2, 0.25) is 0 Å². The van der Waals surface area contributed by atoms with Gasteiger partial charge >= 0.3 is 5.51 Å². The molecule has 1 rings (SSSR count). The van der Waals surface area contributed by atoms with Crippen LogP contribution < -0.4 is 11.3 Å². The largest absolute Gasteiger partial charge is 0.446 e. The Kier molecular flexibility index (Phi) is 3.44. The first-order valence-corrected chi connectivity index (χ1v) is 4.55. The summed E-state index contributed by atoms with van der Waals surface area (Å²) in [4.78, 5) is -0.213. The number of nitrogens with zero attached hydrogens (tertiary/aromatic N) is 1.